The molecular weight excluding hydrogens is 250 g/mol. The Kier molecular flexibility index (Phi) is 3.90. The molecule has 1 saturated carbocycles. The number of rotatable bonds is 5. The topological polar surface area (TPSA) is 47.8 Å². The Morgan fingerprint density at radius 3 is 2.65 bits per heavy atom. The van der Waals surface area contributed by atoms with E-state index in [0.29, 0.717) is 18.9 Å². The third kappa shape index (κ3) is 3.13. The zero-order valence-corrected chi connectivity index (χ0v) is 11.5. The van der Waals surface area contributed by atoms with Gasteiger partial charge in [0.25, 0.3) is 0 Å². The molecule has 4 heteroatoms. The van der Waals surface area contributed by atoms with Gasteiger partial charge in [0.2, 0.25) is 0 Å². The second-order valence-corrected chi connectivity index (χ2v) is 5.47. The number of hydrogen-bond donors (Lipinski definition) is 0. The highest BCUT2D eigenvalue weighted by molar-refractivity contribution is 5.82. The first-order valence-corrected chi connectivity index (χ1v) is 7.26. The Morgan fingerprint density at radius 2 is 1.90 bits per heavy atom. The number of carbonyl (C=O) groups excluding carboxylic acids is 1. The van der Waals surface area contributed by atoms with Crippen molar-refractivity contribution in [3.63, 3.8) is 0 Å². The van der Waals surface area contributed by atoms with Crippen molar-refractivity contribution in [3.05, 3.63) is 48.0 Å². The summed E-state index contributed by atoms with van der Waals surface area (Å²) < 4.78 is 2.04. The molecule has 0 aromatic carbocycles. The van der Waals surface area contributed by atoms with Gasteiger partial charge in [-0.2, -0.15) is 5.10 Å². The van der Waals surface area contributed by atoms with Crippen LogP contribution >= 0.6 is 0 Å². The zero-order chi connectivity index (χ0) is 13.8. The van der Waals surface area contributed by atoms with Crippen LogP contribution in [0.3, 0.4) is 0 Å². The van der Waals surface area contributed by atoms with Crippen molar-refractivity contribution in [2.45, 2.75) is 44.6 Å². The molecule has 0 bridgehead atoms. The Labute approximate surface area is 118 Å². The van der Waals surface area contributed by atoms with Gasteiger partial charge in [-0.25, -0.2) is 0 Å². The number of nitrogens with zero attached hydrogens (tertiary/aromatic N) is 3. The van der Waals surface area contributed by atoms with Crippen molar-refractivity contribution in [3.8, 4) is 0 Å². The molecule has 0 spiro atoms. The fourth-order valence-corrected chi connectivity index (χ4v) is 2.84. The molecule has 2 aromatic rings. The van der Waals surface area contributed by atoms with Gasteiger partial charge >= 0.3 is 0 Å². The molecule has 2 heterocycles. The first kappa shape index (κ1) is 13.0. The van der Waals surface area contributed by atoms with Crippen LogP contribution < -0.4 is 0 Å². The van der Waals surface area contributed by atoms with E-state index in [1.54, 1.807) is 12.4 Å². The molecule has 4 nitrogen and oxygen atoms in total. The molecule has 104 valence electrons. The van der Waals surface area contributed by atoms with Crippen LogP contribution in [-0.2, 0) is 17.6 Å². The maximum absolute atomic E-state index is 12.0. The third-order valence-corrected chi connectivity index (χ3v) is 3.89. The normalized spacial score (nSPS) is 15.6. The second-order valence-electron chi connectivity index (χ2n) is 5.47. The highest BCUT2D eigenvalue weighted by Gasteiger charge is 2.18. The van der Waals surface area contributed by atoms with Gasteiger partial charge in [0.15, 0.2) is 0 Å². The van der Waals surface area contributed by atoms with Gasteiger partial charge in [0.05, 0.1) is 18.2 Å². The highest BCUT2D eigenvalue weighted by atomic mass is 16.1. The van der Waals surface area contributed by atoms with Crippen molar-refractivity contribution in [2.24, 2.45) is 0 Å². The average molecular weight is 269 g/mol. The van der Waals surface area contributed by atoms with Crippen LogP contribution in [0.1, 0.15) is 43.0 Å². The van der Waals surface area contributed by atoms with Crippen molar-refractivity contribution in [2.75, 3.05) is 0 Å². The molecular formula is C16H19N3O. The summed E-state index contributed by atoms with van der Waals surface area (Å²) in [6.45, 7) is 0. The average Bonchev–Trinajstić information content (AvgIpc) is 3.10. The van der Waals surface area contributed by atoms with Crippen LogP contribution in [-0.4, -0.2) is 20.5 Å². The lowest BCUT2D eigenvalue weighted by Gasteiger charge is -2.08. The molecule has 0 N–H and O–H groups in total. The maximum Gasteiger partial charge on any atom is 0.143 e. The molecule has 1 aliphatic rings. The first-order chi connectivity index (χ1) is 9.81. The van der Waals surface area contributed by atoms with E-state index in [0.717, 1.165) is 11.3 Å². The van der Waals surface area contributed by atoms with Gasteiger partial charge in [-0.1, -0.05) is 12.8 Å². The van der Waals surface area contributed by atoms with Gasteiger partial charge in [-0.05, 0) is 36.6 Å². The number of carbonyl (C=O) groups is 1. The zero-order valence-electron chi connectivity index (χ0n) is 11.5. The Balaban J connectivity index is 1.59. The molecule has 2 aromatic heterocycles. The van der Waals surface area contributed by atoms with Crippen LogP contribution in [0, 0.1) is 0 Å². The molecule has 0 aliphatic heterocycles. The summed E-state index contributed by atoms with van der Waals surface area (Å²) in [5.41, 5.74) is 1.90. The minimum Gasteiger partial charge on any atom is -0.299 e. The lowest BCUT2D eigenvalue weighted by atomic mass is 10.1. The van der Waals surface area contributed by atoms with Gasteiger partial charge < -0.3 is 0 Å². The molecule has 3 rings (SSSR count). The van der Waals surface area contributed by atoms with E-state index >= 15 is 0 Å². The molecule has 0 amide bonds. The second kappa shape index (κ2) is 5.99. The standard InChI is InChI=1S/C16H19N3O/c20-16(11-13-5-8-17-9-6-13)12-14-7-10-19(18-14)15-3-1-2-4-15/h5-10,15H,1-4,11-12H2. The van der Waals surface area contributed by atoms with E-state index < -0.39 is 0 Å². The van der Waals surface area contributed by atoms with Gasteiger partial charge in [-0.15, -0.1) is 0 Å². The van der Waals surface area contributed by atoms with E-state index in [1.165, 1.54) is 25.7 Å². The number of ketones is 1. The van der Waals surface area contributed by atoms with E-state index in [2.05, 4.69) is 10.1 Å². The molecule has 20 heavy (non-hydrogen) atoms. The summed E-state index contributed by atoms with van der Waals surface area (Å²) in [4.78, 5) is 16.0. The van der Waals surface area contributed by atoms with Crippen LogP contribution in [0.15, 0.2) is 36.8 Å². The number of hydrogen-bond acceptors (Lipinski definition) is 3. The van der Waals surface area contributed by atoms with Crippen molar-refractivity contribution in [1.82, 2.24) is 14.8 Å². The van der Waals surface area contributed by atoms with Crippen molar-refractivity contribution >= 4 is 5.78 Å². The quantitative estimate of drug-likeness (QED) is 0.838. The Bertz CT molecular complexity index is 570. The van der Waals surface area contributed by atoms with Crippen molar-refractivity contribution < 1.29 is 4.79 Å². The summed E-state index contributed by atoms with van der Waals surface area (Å²) in [5, 5.41) is 4.56. The summed E-state index contributed by atoms with van der Waals surface area (Å²) >= 11 is 0. The molecule has 1 aliphatic carbocycles. The minimum absolute atomic E-state index is 0.202. The summed E-state index contributed by atoms with van der Waals surface area (Å²) in [6.07, 6.45) is 11.3. The summed E-state index contributed by atoms with van der Waals surface area (Å²) in [7, 11) is 0. The van der Waals surface area contributed by atoms with Gasteiger partial charge in [0.1, 0.15) is 5.78 Å². The van der Waals surface area contributed by atoms with Gasteiger partial charge in [-0.3, -0.25) is 14.5 Å². The van der Waals surface area contributed by atoms with E-state index in [-0.39, 0.29) is 5.78 Å². The van der Waals surface area contributed by atoms with Crippen LogP contribution in [0.5, 0.6) is 0 Å². The number of pyridine rings is 1. The monoisotopic (exact) mass is 269 g/mol. The third-order valence-electron chi connectivity index (χ3n) is 3.89. The lowest BCUT2D eigenvalue weighted by Crippen LogP contribution is -2.09. The highest BCUT2D eigenvalue weighted by Crippen LogP contribution is 2.28. The SMILES string of the molecule is O=C(Cc1ccncc1)Cc1ccn(C2CCCC2)n1. The smallest absolute Gasteiger partial charge is 0.143 e. The van der Waals surface area contributed by atoms with E-state index in [4.69, 9.17) is 0 Å². The largest absolute Gasteiger partial charge is 0.299 e. The first-order valence-electron chi connectivity index (χ1n) is 7.26. The predicted molar refractivity (Wildman–Crippen MR) is 76.4 cm³/mol. The predicted octanol–water partition coefficient (Wildman–Crippen LogP) is 2.75. The van der Waals surface area contributed by atoms with Crippen molar-refractivity contribution in [1.29, 1.82) is 0 Å². The maximum atomic E-state index is 12.0. The number of aromatic nitrogens is 3. The summed E-state index contributed by atoms with van der Waals surface area (Å²) in [6, 6.07) is 6.28. The molecule has 0 atom stereocenters. The van der Waals surface area contributed by atoms with E-state index in [1.807, 2.05) is 29.1 Å². The fourth-order valence-electron chi connectivity index (χ4n) is 2.84. The molecule has 0 saturated heterocycles. The molecule has 0 radical (unpaired) electrons. The Hall–Kier alpha value is -1.97. The van der Waals surface area contributed by atoms with Crippen LogP contribution in [0.4, 0.5) is 0 Å². The molecule has 1 fully saturated rings. The van der Waals surface area contributed by atoms with Crippen LogP contribution in [0.2, 0.25) is 0 Å². The Morgan fingerprint density at radius 1 is 1.15 bits per heavy atom. The van der Waals surface area contributed by atoms with E-state index in [9.17, 15) is 4.79 Å². The van der Waals surface area contributed by atoms with Crippen LogP contribution in [0.25, 0.3) is 0 Å². The fraction of sp³-hybridized carbons (Fsp3) is 0.438. The summed E-state index contributed by atoms with van der Waals surface area (Å²) in [5.74, 6) is 0.202. The molecule has 0 unspecified atom stereocenters. The lowest BCUT2D eigenvalue weighted by molar-refractivity contribution is -0.117. The van der Waals surface area contributed by atoms with Gasteiger partial charge in [0, 0.05) is 25.0 Å². The number of Topliss-reactive ketones (excluding diaryl/α,β-unsaturated/α-hetero) is 1. The minimum atomic E-state index is 0.202.